The van der Waals surface area contributed by atoms with E-state index in [1.165, 1.54) is 5.56 Å². The van der Waals surface area contributed by atoms with Crippen LogP contribution in [0.1, 0.15) is 48.7 Å². The Kier molecular flexibility index (Phi) is 6.99. The van der Waals surface area contributed by atoms with Gasteiger partial charge >= 0.3 is 0 Å². The van der Waals surface area contributed by atoms with E-state index in [1.807, 2.05) is 48.5 Å². The first kappa shape index (κ1) is 20.5. The molecule has 0 aliphatic rings. The summed E-state index contributed by atoms with van der Waals surface area (Å²) < 4.78 is 5.26. The SMILES string of the molecule is COc1ccccc1CNC(=O)CCNC(=O)c1ccc(C(C)(C)C)cc1. The van der Waals surface area contributed by atoms with E-state index in [0.717, 1.165) is 11.3 Å². The van der Waals surface area contributed by atoms with Crippen LogP contribution in [0.4, 0.5) is 0 Å². The fourth-order valence-corrected chi connectivity index (χ4v) is 2.64. The van der Waals surface area contributed by atoms with Crippen LogP contribution in [0.2, 0.25) is 0 Å². The summed E-state index contributed by atoms with van der Waals surface area (Å²) in [6, 6.07) is 15.1. The molecule has 2 N–H and O–H groups in total. The lowest BCUT2D eigenvalue weighted by Crippen LogP contribution is -2.30. The summed E-state index contributed by atoms with van der Waals surface area (Å²) in [5.41, 5.74) is 2.73. The Morgan fingerprint density at radius 1 is 0.963 bits per heavy atom. The summed E-state index contributed by atoms with van der Waals surface area (Å²) in [5.74, 6) is 0.446. The van der Waals surface area contributed by atoms with Crippen molar-refractivity contribution in [3.05, 3.63) is 65.2 Å². The topological polar surface area (TPSA) is 67.4 Å². The third-order valence-corrected chi connectivity index (χ3v) is 4.32. The van der Waals surface area contributed by atoms with Crippen LogP contribution in [0.3, 0.4) is 0 Å². The molecular formula is C22H28N2O3. The first-order valence-corrected chi connectivity index (χ1v) is 9.08. The fraction of sp³-hybridized carbons (Fsp3) is 0.364. The highest BCUT2D eigenvalue weighted by Gasteiger charge is 2.14. The van der Waals surface area contributed by atoms with Gasteiger partial charge in [-0.05, 0) is 29.2 Å². The molecule has 0 atom stereocenters. The lowest BCUT2D eigenvalue weighted by molar-refractivity contribution is -0.121. The maximum absolute atomic E-state index is 12.2. The molecule has 2 aromatic carbocycles. The normalized spacial score (nSPS) is 11.0. The van der Waals surface area contributed by atoms with Gasteiger partial charge in [-0.15, -0.1) is 0 Å². The van der Waals surface area contributed by atoms with Gasteiger partial charge in [-0.1, -0.05) is 51.1 Å². The number of carbonyl (C=O) groups excluding carboxylic acids is 2. The number of ether oxygens (including phenoxy) is 1. The molecule has 2 aromatic rings. The van der Waals surface area contributed by atoms with Crippen molar-refractivity contribution in [3.63, 3.8) is 0 Å². The molecule has 0 spiro atoms. The number of hydrogen-bond donors (Lipinski definition) is 2. The zero-order valence-electron chi connectivity index (χ0n) is 16.5. The van der Waals surface area contributed by atoms with Crippen LogP contribution in [0, 0.1) is 0 Å². The van der Waals surface area contributed by atoms with Crippen LogP contribution in [0.5, 0.6) is 5.75 Å². The molecule has 0 saturated carbocycles. The highest BCUT2D eigenvalue weighted by molar-refractivity contribution is 5.94. The molecule has 0 bridgehead atoms. The second kappa shape index (κ2) is 9.21. The third kappa shape index (κ3) is 6.13. The molecule has 0 fully saturated rings. The van der Waals surface area contributed by atoms with Gasteiger partial charge < -0.3 is 15.4 Å². The Bertz CT molecular complexity index is 777. The van der Waals surface area contributed by atoms with Gasteiger partial charge in [-0.3, -0.25) is 9.59 Å². The summed E-state index contributed by atoms with van der Waals surface area (Å²) >= 11 is 0. The highest BCUT2D eigenvalue weighted by atomic mass is 16.5. The van der Waals surface area contributed by atoms with Crippen LogP contribution in [-0.2, 0) is 16.8 Å². The van der Waals surface area contributed by atoms with E-state index < -0.39 is 0 Å². The molecule has 0 heterocycles. The van der Waals surface area contributed by atoms with Crippen molar-refractivity contribution < 1.29 is 14.3 Å². The van der Waals surface area contributed by atoms with Crippen LogP contribution in [0.15, 0.2) is 48.5 Å². The largest absolute Gasteiger partial charge is 0.496 e. The highest BCUT2D eigenvalue weighted by Crippen LogP contribution is 2.22. The zero-order valence-corrected chi connectivity index (χ0v) is 16.5. The number of amides is 2. The number of methoxy groups -OCH3 is 1. The standard InChI is InChI=1S/C22H28N2O3/c1-22(2,3)18-11-9-16(10-12-18)21(26)23-14-13-20(25)24-15-17-7-5-6-8-19(17)27-4/h5-12H,13-15H2,1-4H3,(H,23,26)(H,24,25). The molecule has 0 aliphatic heterocycles. The molecule has 0 aromatic heterocycles. The van der Waals surface area contributed by atoms with E-state index in [1.54, 1.807) is 7.11 Å². The second-order valence-electron chi connectivity index (χ2n) is 7.42. The Morgan fingerprint density at radius 3 is 2.26 bits per heavy atom. The zero-order chi connectivity index (χ0) is 19.9. The first-order valence-electron chi connectivity index (χ1n) is 9.08. The predicted molar refractivity (Wildman–Crippen MR) is 107 cm³/mol. The van der Waals surface area contributed by atoms with Crippen molar-refractivity contribution in [3.8, 4) is 5.75 Å². The van der Waals surface area contributed by atoms with E-state index in [4.69, 9.17) is 4.74 Å². The van der Waals surface area contributed by atoms with Crippen molar-refractivity contribution in [2.75, 3.05) is 13.7 Å². The molecule has 144 valence electrons. The van der Waals surface area contributed by atoms with Crippen molar-refractivity contribution >= 4 is 11.8 Å². The van der Waals surface area contributed by atoms with Gasteiger partial charge in [-0.25, -0.2) is 0 Å². The van der Waals surface area contributed by atoms with Crippen LogP contribution in [0.25, 0.3) is 0 Å². The quantitative estimate of drug-likeness (QED) is 0.787. The summed E-state index contributed by atoms with van der Waals surface area (Å²) in [5, 5.41) is 5.63. The van der Waals surface area contributed by atoms with Gasteiger partial charge in [0.1, 0.15) is 5.75 Å². The Hall–Kier alpha value is -2.82. The van der Waals surface area contributed by atoms with Crippen molar-refractivity contribution in [1.29, 1.82) is 0 Å². The second-order valence-corrected chi connectivity index (χ2v) is 7.42. The molecule has 0 saturated heterocycles. The molecule has 27 heavy (non-hydrogen) atoms. The number of carbonyl (C=O) groups is 2. The van der Waals surface area contributed by atoms with Crippen LogP contribution in [-0.4, -0.2) is 25.5 Å². The fourth-order valence-electron chi connectivity index (χ4n) is 2.64. The maximum atomic E-state index is 12.2. The van der Waals surface area contributed by atoms with Crippen molar-refractivity contribution in [2.45, 2.75) is 39.2 Å². The summed E-state index contributed by atoms with van der Waals surface area (Å²) in [6.45, 7) is 7.08. The number of rotatable bonds is 7. The predicted octanol–water partition coefficient (Wildman–Crippen LogP) is 3.43. The number of nitrogens with one attached hydrogen (secondary N) is 2. The van der Waals surface area contributed by atoms with Gasteiger partial charge in [0, 0.05) is 30.6 Å². The smallest absolute Gasteiger partial charge is 0.251 e. The summed E-state index contributed by atoms with van der Waals surface area (Å²) in [4.78, 5) is 24.2. The molecule has 5 nitrogen and oxygen atoms in total. The van der Waals surface area contributed by atoms with E-state index in [2.05, 4.69) is 31.4 Å². The molecule has 2 amide bonds. The van der Waals surface area contributed by atoms with Gasteiger partial charge in [0.25, 0.3) is 5.91 Å². The molecule has 0 unspecified atom stereocenters. The minimum atomic E-state index is -0.173. The number of hydrogen-bond acceptors (Lipinski definition) is 3. The number of benzene rings is 2. The summed E-state index contributed by atoms with van der Waals surface area (Å²) in [6.07, 6.45) is 0.223. The van der Waals surface area contributed by atoms with Gasteiger partial charge in [0.05, 0.1) is 7.11 Å². The van der Waals surface area contributed by atoms with Crippen molar-refractivity contribution in [2.24, 2.45) is 0 Å². The lowest BCUT2D eigenvalue weighted by Gasteiger charge is -2.19. The van der Waals surface area contributed by atoms with Gasteiger partial charge in [0.2, 0.25) is 5.91 Å². The van der Waals surface area contributed by atoms with Gasteiger partial charge in [0.15, 0.2) is 0 Å². The van der Waals surface area contributed by atoms with E-state index in [-0.39, 0.29) is 30.2 Å². The number of para-hydroxylation sites is 1. The molecule has 0 radical (unpaired) electrons. The molecular weight excluding hydrogens is 340 g/mol. The van der Waals surface area contributed by atoms with E-state index >= 15 is 0 Å². The maximum Gasteiger partial charge on any atom is 0.251 e. The Labute approximate surface area is 161 Å². The average Bonchev–Trinajstić information content (AvgIpc) is 2.66. The Morgan fingerprint density at radius 2 is 1.63 bits per heavy atom. The van der Waals surface area contributed by atoms with E-state index in [9.17, 15) is 9.59 Å². The molecule has 0 aliphatic carbocycles. The Balaban J connectivity index is 1.76. The minimum absolute atomic E-state index is 0.0501. The third-order valence-electron chi connectivity index (χ3n) is 4.32. The monoisotopic (exact) mass is 368 g/mol. The van der Waals surface area contributed by atoms with Gasteiger partial charge in [-0.2, -0.15) is 0 Å². The lowest BCUT2D eigenvalue weighted by atomic mass is 9.87. The van der Waals surface area contributed by atoms with Crippen molar-refractivity contribution in [1.82, 2.24) is 10.6 Å². The molecule has 2 rings (SSSR count). The van der Waals surface area contributed by atoms with E-state index in [0.29, 0.717) is 12.1 Å². The summed E-state index contributed by atoms with van der Waals surface area (Å²) in [7, 11) is 1.60. The van der Waals surface area contributed by atoms with Crippen LogP contribution >= 0.6 is 0 Å². The first-order chi connectivity index (χ1) is 12.8. The van der Waals surface area contributed by atoms with Crippen LogP contribution < -0.4 is 15.4 Å². The minimum Gasteiger partial charge on any atom is -0.496 e. The molecule has 5 heteroatoms. The average molecular weight is 368 g/mol.